The molecule has 1 aromatic carbocycles. The molecule has 1 aromatic rings. The molecule has 1 fully saturated rings. The van der Waals surface area contributed by atoms with Gasteiger partial charge in [-0.1, -0.05) is 12.1 Å². The van der Waals surface area contributed by atoms with Crippen molar-refractivity contribution in [2.24, 2.45) is 10.7 Å². The van der Waals surface area contributed by atoms with Gasteiger partial charge >= 0.3 is 0 Å². The largest absolute Gasteiger partial charge is 0.378 e. The number of hydrogen-bond acceptors (Lipinski definition) is 2. The monoisotopic (exact) mass is 388 g/mol. The average molecular weight is 388 g/mol. The standard InChI is InChI=1S/C15H24N4.HI/c1-18(2)14-8-6-7-13(11-14)12-17-15(16)19-9-4-3-5-10-19;/h6-8,11H,3-5,9-10,12H2,1-2H3,(H2,16,17);1H. The van der Waals surface area contributed by atoms with Crippen LogP contribution in [0, 0.1) is 0 Å². The van der Waals surface area contributed by atoms with Gasteiger partial charge in [0.15, 0.2) is 5.96 Å². The van der Waals surface area contributed by atoms with Crippen LogP contribution in [0.1, 0.15) is 24.8 Å². The van der Waals surface area contributed by atoms with Gasteiger partial charge in [-0.3, -0.25) is 0 Å². The van der Waals surface area contributed by atoms with Crippen LogP contribution in [-0.2, 0) is 6.54 Å². The highest BCUT2D eigenvalue weighted by molar-refractivity contribution is 14.0. The molecule has 0 aromatic heterocycles. The van der Waals surface area contributed by atoms with Crippen LogP contribution in [0.2, 0.25) is 0 Å². The zero-order chi connectivity index (χ0) is 13.7. The molecular weight excluding hydrogens is 363 g/mol. The van der Waals surface area contributed by atoms with E-state index in [1.165, 1.54) is 30.5 Å². The summed E-state index contributed by atoms with van der Waals surface area (Å²) < 4.78 is 0. The number of rotatable bonds is 3. The second-order valence-electron chi connectivity index (χ2n) is 5.29. The summed E-state index contributed by atoms with van der Waals surface area (Å²) in [5.74, 6) is 0.690. The van der Waals surface area contributed by atoms with Crippen LogP contribution >= 0.6 is 24.0 Å². The first-order chi connectivity index (χ1) is 9.16. The molecule has 1 saturated heterocycles. The van der Waals surface area contributed by atoms with Gasteiger partial charge in [0.1, 0.15) is 0 Å². The molecule has 0 radical (unpaired) electrons. The number of nitrogens with zero attached hydrogens (tertiary/aromatic N) is 3. The van der Waals surface area contributed by atoms with Crippen molar-refractivity contribution in [3.05, 3.63) is 29.8 Å². The van der Waals surface area contributed by atoms with Gasteiger partial charge < -0.3 is 15.5 Å². The van der Waals surface area contributed by atoms with E-state index in [0.717, 1.165) is 13.1 Å². The Bertz CT molecular complexity index is 439. The Balaban J connectivity index is 0.00000200. The van der Waals surface area contributed by atoms with E-state index in [0.29, 0.717) is 12.5 Å². The van der Waals surface area contributed by atoms with E-state index in [4.69, 9.17) is 5.73 Å². The zero-order valence-corrected chi connectivity index (χ0v) is 14.7. The number of likely N-dealkylation sites (tertiary alicyclic amines) is 1. The first-order valence-electron chi connectivity index (χ1n) is 6.98. The van der Waals surface area contributed by atoms with E-state index in [2.05, 4.69) is 39.1 Å². The van der Waals surface area contributed by atoms with Crippen molar-refractivity contribution in [1.29, 1.82) is 0 Å². The van der Waals surface area contributed by atoms with E-state index in [1.807, 2.05) is 14.1 Å². The van der Waals surface area contributed by atoms with E-state index in [9.17, 15) is 0 Å². The minimum absolute atomic E-state index is 0. The average Bonchev–Trinajstić information content (AvgIpc) is 2.46. The summed E-state index contributed by atoms with van der Waals surface area (Å²) in [6.07, 6.45) is 3.77. The molecule has 0 aliphatic carbocycles. The van der Waals surface area contributed by atoms with Crippen molar-refractivity contribution in [3.63, 3.8) is 0 Å². The second-order valence-corrected chi connectivity index (χ2v) is 5.29. The number of piperidine rings is 1. The Morgan fingerprint density at radius 3 is 2.60 bits per heavy atom. The van der Waals surface area contributed by atoms with E-state index >= 15 is 0 Å². The molecule has 0 saturated carbocycles. The summed E-state index contributed by atoms with van der Waals surface area (Å²) in [5.41, 5.74) is 8.46. The molecule has 2 rings (SSSR count). The topological polar surface area (TPSA) is 44.9 Å². The maximum absolute atomic E-state index is 6.06. The fourth-order valence-electron chi connectivity index (χ4n) is 2.33. The first-order valence-corrected chi connectivity index (χ1v) is 6.98. The zero-order valence-electron chi connectivity index (χ0n) is 12.4. The van der Waals surface area contributed by atoms with Crippen LogP contribution in [0.5, 0.6) is 0 Å². The van der Waals surface area contributed by atoms with Crippen molar-refractivity contribution in [2.45, 2.75) is 25.8 Å². The second kappa shape index (κ2) is 8.34. The van der Waals surface area contributed by atoms with Crippen molar-refractivity contribution in [3.8, 4) is 0 Å². The summed E-state index contributed by atoms with van der Waals surface area (Å²) >= 11 is 0. The number of halogens is 1. The van der Waals surface area contributed by atoms with Gasteiger partial charge in [0.25, 0.3) is 0 Å². The van der Waals surface area contributed by atoms with Gasteiger partial charge in [-0.15, -0.1) is 24.0 Å². The normalized spacial score (nSPS) is 15.7. The van der Waals surface area contributed by atoms with Crippen LogP contribution in [-0.4, -0.2) is 38.0 Å². The fraction of sp³-hybridized carbons (Fsp3) is 0.533. The number of guanidine groups is 1. The predicted octanol–water partition coefficient (Wildman–Crippen LogP) is 2.67. The summed E-state index contributed by atoms with van der Waals surface area (Å²) in [4.78, 5) is 8.81. The van der Waals surface area contributed by atoms with Crippen molar-refractivity contribution in [2.75, 3.05) is 32.1 Å². The smallest absolute Gasteiger partial charge is 0.191 e. The number of benzene rings is 1. The van der Waals surface area contributed by atoms with E-state index in [-0.39, 0.29) is 24.0 Å². The molecule has 0 spiro atoms. The molecular formula is C15H25IN4. The number of hydrogen-bond donors (Lipinski definition) is 1. The molecule has 1 aliphatic rings. The Labute approximate surface area is 139 Å². The van der Waals surface area contributed by atoms with Crippen molar-refractivity contribution >= 4 is 35.6 Å². The lowest BCUT2D eigenvalue weighted by Crippen LogP contribution is -2.40. The van der Waals surface area contributed by atoms with Crippen LogP contribution in [0.15, 0.2) is 29.3 Å². The van der Waals surface area contributed by atoms with E-state index < -0.39 is 0 Å². The van der Waals surface area contributed by atoms with Crippen LogP contribution < -0.4 is 10.6 Å². The molecule has 20 heavy (non-hydrogen) atoms. The summed E-state index contributed by atoms with van der Waals surface area (Å²) in [7, 11) is 4.09. The van der Waals surface area contributed by atoms with Gasteiger partial charge in [-0.2, -0.15) is 0 Å². The third-order valence-electron chi connectivity index (χ3n) is 3.53. The minimum atomic E-state index is 0. The van der Waals surface area contributed by atoms with Gasteiger partial charge in [0, 0.05) is 32.9 Å². The molecule has 0 atom stereocenters. The lowest BCUT2D eigenvalue weighted by atomic mass is 10.1. The molecule has 2 N–H and O–H groups in total. The number of nitrogens with two attached hydrogens (primary N) is 1. The molecule has 1 aliphatic heterocycles. The van der Waals surface area contributed by atoms with Crippen LogP contribution in [0.3, 0.4) is 0 Å². The molecule has 0 bridgehead atoms. The number of aliphatic imine (C=N–C) groups is 1. The van der Waals surface area contributed by atoms with Gasteiger partial charge in [-0.25, -0.2) is 4.99 Å². The predicted molar refractivity (Wildman–Crippen MR) is 96.9 cm³/mol. The lowest BCUT2D eigenvalue weighted by Gasteiger charge is -2.27. The molecule has 4 nitrogen and oxygen atoms in total. The minimum Gasteiger partial charge on any atom is -0.378 e. The van der Waals surface area contributed by atoms with E-state index in [1.54, 1.807) is 0 Å². The maximum atomic E-state index is 6.06. The van der Waals surface area contributed by atoms with Gasteiger partial charge in [0.05, 0.1) is 6.54 Å². The summed E-state index contributed by atoms with van der Waals surface area (Å²) in [5, 5.41) is 0. The Hall–Kier alpha value is -0.980. The highest BCUT2D eigenvalue weighted by Gasteiger charge is 2.11. The molecule has 1 heterocycles. The highest BCUT2D eigenvalue weighted by atomic mass is 127. The lowest BCUT2D eigenvalue weighted by molar-refractivity contribution is 0.338. The SMILES string of the molecule is CN(C)c1cccc(CN=C(N)N2CCCCC2)c1.I. The third kappa shape index (κ3) is 4.85. The van der Waals surface area contributed by atoms with Crippen LogP contribution in [0.25, 0.3) is 0 Å². The molecule has 5 heteroatoms. The quantitative estimate of drug-likeness (QED) is 0.492. The number of anilines is 1. The van der Waals surface area contributed by atoms with Crippen LogP contribution in [0.4, 0.5) is 5.69 Å². The summed E-state index contributed by atoms with van der Waals surface area (Å²) in [6, 6.07) is 8.42. The Morgan fingerprint density at radius 2 is 1.95 bits per heavy atom. The van der Waals surface area contributed by atoms with Gasteiger partial charge in [0.2, 0.25) is 0 Å². The highest BCUT2D eigenvalue weighted by Crippen LogP contribution is 2.14. The first kappa shape index (κ1) is 17.1. The Morgan fingerprint density at radius 1 is 1.25 bits per heavy atom. The molecule has 0 unspecified atom stereocenters. The Kier molecular flexibility index (Phi) is 7.12. The molecule has 0 amide bonds. The fourth-order valence-corrected chi connectivity index (χ4v) is 2.33. The third-order valence-corrected chi connectivity index (χ3v) is 3.53. The maximum Gasteiger partial charge on any atom is 0.191 e. The molecule has 112 valence electrons. The van der Waals surface area contributed by atoms with Gasteiger partial charge in [-0.05, 0) is 37.0 Å². The summed E-state index contributed by atoms with van der Waals surface area (Å²) in [6.45, 7) is 2.75. The van der Waals surface area contributed by atoms with Crippen molar-refractivity contribution in [1.82, 2.24) is 4.90 Å². The van der Waals surface area contributed by atoms with Crippen molar-refractivity contribution < 1.29 is 0 Å².